The third kappa shape index (κ3) is 31.6. The van der Waals surface area contributed by atoms with Gasteiger partial charge in [0.1, 0.15) is 0 Å². The fraction of sp³-hybridized carbons (Fsp3) is 1.00. The van der Waals surface area contributed by atoms with Crippen molar-refractivity contribution >= 4 is 15.9 Å². The van der Waals surface area contributed by atoms with Crippen LogP contribution in [0.2, 0.25) is 0 Å². The summed E-state index contributed by atoms with van der Waals surface area (Å²) >= 11 is 3.15. The predicted octanol–water partition coefficient (Wildman–Crippen LogP) is 3.45. The maximum absolute atomic E-state index is 3.15. The van der Waals surface area contributed by atoms with E-state index in [2.05, 4.69) is 36.7 Å². The van der Waals surface area contributed by atoms with Gasteiger partial charge in [-0.15, -0.1) is 0 Å². The van der Waals surface area contributed by atoms with Crippen molar-refractivity contribution in [3.63, 3.8) is 0 Å². The van der Waals surface area contributed by atoms with Crippen LogP contribution in [0.25, 0.3) is 0 Å². The lowest BCUT2D eigenvalue weighted by molar-refractivity contribution is 0.626. The molecule has 0 aromatic heterocycles. The Morgan fingerprint density at radius 1 is 1.25 bits per heavy atom. The highest BCUT2D eigenvalue weighted by Gasteiger charge is 1.80. The van der Waals surface area contributed by atoms with Gasteiger partial charge in [-0.25, -0.2) is 0 Å². The molecule has 0 fully saturated rings. The molecule has 0 saturated heterocycles. The molecule has 1 heteroatoms. The molecule has 0 amide bonds. The van der Waals surface area contributed by atoms with Crippen LogP contribution >= 0.6 is 15.9 Å². The summed E-state index contributed by atoms with van der Waals surface area (Å²) in [6.07, 6.45) is 1.31. The van der Waals surface area contributed by atoms with Crippen LogP contribution in [0, 0.1) is 5.92 Å². The second-order valence-corrected chi connectivity index (χ2v) is 3.19. The van der Waals surface area contributed by atoms with Crippen LogP contribution in [0.15, 0.2) is 0 Å². The summed E-state index contributed by atoms with van der Waals surface area (Å²) in [5.74, 6) is 0.884. The zero-order chi connectivity index (χ0) is 6.99. The van der Waals surface area contributed by atoms with E-state index < -0.39 is 0 Å². The van der Waals surface area contributed by atoms with E-state index in [4.69, 9.17) is 0 Å². The third-order valence-electron chi connectivity index (χ3n) is 0.816. The van der Waals surface area contributed by atoms with Crippen molar-refractivity contribution in [2.24, 2.45) is 5.92 Å². The SMILES string of the molecule is CCBr.CCC(C)C. The maximum atomic E-state index is 3.15. The number of rotatable bonds is 1. The summed E-state index contributed by atoms with van der Waals surface area (Å²) < 4.78 is 0. The van der Waals surface area contributed by atoms with Crippen molar-refractivity contribution in [3.05, 3.63) is 0 Å². The van der Waals surface area contributed by atoms with Crippen LogP contribution in [0.3, 0.4) is 0 Å². The Morgan fingerprint density at radius 3 is 1.38 bits per heavy atom. The van der Waals surface area contributed by atoms with Crippen molar-refractivity contribution in [2.75, 3.05) is 5.33 Å². The van der Waals surface area contributed by atoms with Gasteiger partial charge in [-0.1, -0.05) is 50.0 Å². The van der Waals surface area contributed by atoms with Crippen LogP contribution in [-0.4, -0.2) is 5.33 Å². The standard InChI is InChI=1S/C5H12.C2H5Br/c1-4-5(2)3;1-2-3/h5H,4H2,1-3H3;2H2,1H3. The monoisotopic (exact) mass is 180 g/mol. The fourth-order valence-electron chi connectivity index (χ4n) is 0. The Labute approximate surface area is 61.8 Å². The minimum absolute atomic E-state index is 0.884. The van der Waals surface area contributed by atoms with E-state index in [1.54, 1.807) is 0 Å². The van der Waals surface area contributed by atoms with Crippen molar-refractivity contribution < 1.29 is 0 Å². The van der Waals surface area contributed by atoms with Crippen molar-refractivity contribution in [1.29, 1.82) is 0 Å². The molecule has 52 valence electrons. The zero-order valence-corrected chi connectivity index (χ0v) is 7.96. The number of alkyl halides is 1. The van der Waals surface area contributed by atoms with Gasteiger partial charge in [-0.05, 0) is 5.92 Å². The van der Waals surface area contributed by atoms with Crippen LogP contribution in [0.1, 0.15) is 34.1 Å². The van der Waals surface area contributed by atoms with Gasteiger partial charge in [0.25, 0.3) is 0 Å². The number of hydrogen-bond donors (Lipinski definition) is 0. The molecule has 0 nitrogen and oxygen atoms in total. The first-order valence-electron chi connectivity index (χ1n) is 3.24. The second-order valence-electron chi connectivity index (χ2n) is 2.07. The molecule has 0 aromatic carbocycles. The molecule has 0 radical (unpaired) electrons. The van der Waals surface area contributed by atoms with E-state index in [1.807, 2.05) is 6.92 Å². The van der Waals surface area contributed by atoms with Crippen LogP contribution in [-0.2, 0) is 0 Å². The van der Waals surface area contributed by atoms with Gasteiger partial charge in [0, 0.05) is 5.33 Å². The van der Waals surface area contributed by atoms with Crippen LogP contribution < -0.4 is 0 Å². The first-order chi connectivity index (χ1) is 3.68. The van der Waals surface area contributed by atoms with Crippen molar-refractivity contribution in [3.8, 4) is 0 Å². The van der Waals surface area contributed by atoms with Gasteiger partial charge in [0.2, 0.25) is 0 Å². The van der Waals surface area contributed by atoms with E-state index in [0.717, 1.165) is 11.2 Å². The molecule has 0 N–H and O–H groups in total. The molecule has 0 rings (SSSR count). The highest BCUT2D eigenvalue weighted by Crippen LogP contribution is 1.93. The molecular formula is C7H17Br. The molecule has 0 aliphatic carbocycles. The van der Waals surface area contributed by atoms with Gasteiger partial charge in [-0.3, -0.25) is 0 Å². The molecule has 0 spiro atoms. The zero-order valence-electron chi connectivity index (χ0n) is 6.37. The Morgan fingerprint density at radius 2 is 1.38 bits per heavy atom. The predicted molar refractivity (Wildman–Crippen MR) is 44.6 cm³/mol. The summed E-state index contributed by atoms with van der Waals surface area (Å²) in [6, 6.07) is 0. The third-order valence-corrected chi connectivity index (χ3v) is 0.816. The van der Waals surface area contributed by atoms with E-state index in [-0.39, 0.29) is 0 Å². The van der Waals surface area contributed by atoms with Crippen molar-refractivity contribution in [1.82, 2.24) is 0 Å². The Balaban J connectivity index is 0. The van der Waals surface area contributed by atoms with E-state index >= 15 is 0 Å². The lowest BCUT2D eigenvalue weighted by Gasteiger charge is -1.90. The molecule has 0 heterocycles. The topological polar surface area (TPSA) is 0 Å². The average molecular weight is 181 g/mol. The molecule has 8 heavy (non-hydrogen) atoms. The lowest BCUT2D eigenvalue weighted by atomic mass is 10.2. The fourth-order valence-corrected chi connectivity index (χ4v) is 0. The number of hydrogen-bond acceptors (Lipinski definition) is 0. The van der Waals surface area contributed by atoms with E-state index in [9.17, 15) is 0 Å². The Bertz CT molecular complexity index is 25.6. The van der Waals surface area contributed by atoms with E-state index in [1.165, 1.54) is 6.42 Å². The minimum Gasteiger partial charge on any atom is -0.0931 e. The summed E-state index contributed by atoms with van der Waals surface area (Å²) in [7, 11) is 0. The quantitative estimate of drug-likeness (QED) is 0.543. The first kappa shape index (κ1) is 11.3. The largest absolute Gasteiger partial charge is 0.0931 e. The van der Waals surface area contributed by atoms with Gasteiger partial charge in [-0.2, -0.15) is 0 Å². The normalized spacial score (nSPS) is 8.25. The number of halogens is 1. The highest BCUT2D eigenvalue weighted by atomic mass is 79.9. The Hall–Kier alpha value is 0.480. The smallest absolute Gasteiger partial charge is 0.000281 e. The summed E-state index contributed by atoms with van der Waals surface area (Å²) in [5.41, 5.74) is 0. The molecule has 0 aliphatic rings. The maximum Gasteiger partial charge on any atom is 0.000281 e. The summed E-state index contributed by atoms with van der Waals surface area (Å²) in [4.78, 5) is 0. The van der Waals surface area contributed by atoms with Crippen molar-refractivity contribution in [2.45, 2.75) is 34.1 Å². The van der Waals surface area contributed by atoms with Crippen LogP contribution in [0.4, 0.5) is 0 Å². The summed E-state index contributed by atoms with van der Waals surface area (Å²) in [6.45, 7) is 8.69. The molecule has 0 atom stereocenters. The average Bonchev–Trinajstić information content (AvgIpc) is 1.69. The highest BCUT2D eigenvalue weighted by molar-refractivity contribution is 9.09. The Kier molecular flexibility index (Phi) is 14.8. The second kappa shape index (κ2) is 10.5. The minimum atomic E-state index is 0.884. The van der Waals surface area contributed by atoms with Gasteiger partial charge >= 0.3 is 0 Å². The van der Waals surface area contributed by atoms with E-state index in [0.29, 0.717) is 0 Å². The van der Waals surface area contributed by atoms with Gasteiger partial charge in [0.05, 0.1) is 0 Å². The molecule has 0 aromatic rings. The molecule has 0 saturated carbocycles. The molecule has 0 aliphatic heterocycles. The first-order valence-corrected chi connectivity index (χ1v) is 4.37. The lowest BCUT2D eigenvalue weighted by Crippen LogP contribution is -1.77. The summed E-state index contributed by atoms with van der Waals surface area (Å²) in [5, 5.41) is 1.06. The molecular weight excluding hydrogens is 164 g/mol. The molecule has 0 bridgehead atoms. The van der Waals surface area contributed by atoms with Gasteiger partial charge in [0.15, 0.2) is 0 Å². The van der Waals surface area contributed by atoms with Crippen LogP contribution in [0.5, 0.6) is 0 Å². The van der Waals surface area contributed by atoms with Gasteiger partial charge < -0.3 is 0 Å². The molecule has 0 unspecified atom stereocenters.